The summed E-state index contributed by atoms with van der Waals surface area (Å²) in [4.78, 5) is 9.98. The number of hydrogen-bond acceptors (Lipinski definition) is 1. The van der Waals surface area contributed by atoms with Crippen molar-refractivity contribution in [3.8, 4) is 0 Å². The van der Waals surface area contributed by atoms with E-state index in [0.717, 1.165) is 4.47 Å². The predicted molar refractivity (Wildman–Crippen MR) is 49.2 cm³/mol. The molecule has 0 radical (unpaired) electrons. The summed E-state index contributed by atoms with van der Waals surface area (Å²) < 4.78 is 13.4. The van der Waals surface area contributed by atoms with Gasteiger partial charge in [0.1, 0.15) is 12.1 Å². The van der Waals surface area contributed by atoms with Crippen molar-refractivity contribution in [3.05, 3.63) is 40.1 Å². The minimum absolute atomic E-state index is 0.316. The van der Waals surface area contributed by atoms with Crippen LogP contribution in [0.5, 0.6) is 0 Å². The predicted octanol–water partition coefficient (Wildman–Crippen LogP) is 2.80. The number of carbonyl (C=O) groups excluding carboxylic acids is 1. The molecule has 12 heavy (non-hydrogen) atoms. The molecule has 0 N–H and O–H groups in total. The van der Waals surface area contributed by atoms with Crippen molar-refractivity contribution >= 4 is 28.3 Å². The lowest BCUT2D eigenvalue weighted by molar-refractivity contribution is -0.104. The highest BCUT2D eigenvalue weighted by molar-refractivity contribution is 9.10. The van der Waals surface area contributed by atoms with Crippen LogP contribution in [0.1, 0.15) is 5.56 Å². The zero-order valence-electron chi connectivity index (χ0n) is 6.13. The first-order chi connectivity index (χ1) is 5.74. The van der Waals surface area contributed by atoms with Gasteiger partial charge in [0.2, 0.25) is 0 Å². The van der Waals surface area contributed by atoms with E-state index in [9.17, 15) is 9.18 Å². The third-order valence-corrected chi connectivity index (χ3v) is 2.03. The van der Waals surface area contributed by atoms with E-state index >= 15 is 0 Å². The van der Waals surface area contributed by atoms with Gasteiger partial charge in [-0.05, 0) is 29.8 Å². The second kappa shape index (κ2) is 4.16. The molecule has 0 unspecified atom stereocenters. The molecule has 1 aromatic rings. The van der Waals surface area contributed by atoms with Crippen LogP contribution in [0.2, 0.25) is 0 Å². The van der Waals surface area contributed by atoms with E-state index in [2.05, 4.69) is 15.9 Å². The molecule has 62 valence electrons. The second-order valence-corrected chi connectivity index (χ2v) is 3.02. The number of carbonyl (C=O) groups is 1. The molecule has 0 aliphatic carbocycles. The Bertz CT molecular complexity index is 320. The Kier molecular flexibility index (Phi) is 3.17. The van der Waals surface area contributed by atoms with E-state index in [4.69, 9.17) is 0 Å². The number of allylic oxidation sites excluding steroid dienone is 1. The van der Waals surface area contributed by atoms with Crippen LogP contribution in [0.3, 0.4) is 0 Å². The van der Waals surface area contributed by atoms with Crippen molar-refractivity contribution in [2.75, 3.05) is 0 Å². The molecule has 0 saturated heterocycles. The summed E-state index contributed by atoms with van der Waals surface area (Å²) in [5, 5.41) is 0. The Labute approximate surface area is 78.0 Å². The zero-order chi connectivity index (χ0) is 8.97. The number of aldehydes is 1. The van der Waals surface area contributed by atoms with Gasteiger partial charge in [-0.25, -0.2) is 4.39 Å². The van der Waals surface area contributed by atoms with Crippen LogP contribution in [0.4, 0.5) is 4.39 Å². The fraction of sp³-hybridized carbons (Fsp3) is 0. The van der Waals surface area contributed by atoms with Gasteiger partial charge in [0.05, 0.1) is 0 Å². The van der Waals surface area contributed by atoms with Crippen molar-refractivity contribution in [3.63, 3.8) is 0 Å². The van der Waals surface area contributed by atoms with Crippen molar-refractivity contribution in [2.45, 2.75) is 0 Å². The third-order valence-electron chi connectivity index (χ3n) is 1.31. The smallest absolute Gasteiger partial charge is 0.142 e. The molecule has 0 aliphatic rings. The van der Waals surface area contributed by atoms with Gasteiger partial charge < -0.3 is 0 Å². The van der Waals surface area contributed by atoms with Gasteiger partial charge in [0, 0.05) is 4.47 Å². The lowest BCUT2D eigenvalue weighted by Crippen LogP contribution is -1.78. The Morgan fingerprint density at radius 3 is 2.83 bits per heavy atom. The number of halogens is 2. The molecule has 0 aromatic heterocycles. The fourth-order valence-corrected chi connectivity index (χ4v) is 1.16. The highest BCUT2D eigenvalue weighted by Crippen LogP contribution is 2.18. The fourth-order valence-electron chi connectivity index (χ4n) is 0.785. The quantitative estimate of drug-likeness (QED) is 0.562. The summed E-state index contributed by atoms with van der Waals surface area (Å²) in [5.41, 5.74) is 0.655. The summed E-state index contributed by atoms with van der Waals surface area (Å²) in [6, 6.07) is 4.30. The number of hydrogen-bond donors (Lipinski definition) is 0. The lowest BCUT2D eigenvalue weighted by Gasteiger charge is -1.96. The van der Waals surface area contributed by atoms with E-state index in [1.54, 1.807) is 12.1 Å². The number of rotatable bonds is 2. The molecule has 0 spiro atoms. The van der Waals surface area contributed by atoms with Gasteiger partial charge in [-0.1, -0.05) is 22.0 Å². The molecule has 1 nitrogen and oxygen atoms in total. The molecule has 0 aliphatic heterocycles. The molecule has 0 heterocycles. The first-order valence-corrected chi connectivity index (χ1v) is 4.10. The van der Waals surface area contributed by atoms with Crippen molar-refractivity contribution < 1.29 is 9.18 Å². The van der Waals surface area contributed by atoms with Crippen LogP contribution in [-0.4, -0.2) is 6.29 Å². The average Bonchev–Trinajstić information content (AvgIpc) is 2.07. The summed E-state index contributed by atoms with van der Waals surface area (Å²) in [6.45, 7) is 0. The van der Waals surface area contributed by atoms with Crippen molar-refractivity contribution in [1.82, 2.24) is 0 Å². The molecular formula is C9H6BrFO. The van der Waals surface area contributed by atoms with Gasteiger partial charge in [0.25, 0.3) is 0 Å². The molecule has 0 bridgehead atoms. The molecule has 0 amide bonds. The van der Waals surface area contributed by atoms with Crippen LogP contribution in [-0.2, 0) is 4.79 Å². The van der Waals surface area contributed by atoms with Crippen LogP contribution in [0, 0.1) is 5.82 Å². The van der Waals surface area contributed by atoms with E-state index in [1.165, 1.54) is 18.2 Å². The summed E-state index contributed by atoms with van der Waals surface area (Å²) in [5.74, 6) is -0.316. The van der Waals surface area contributed by atoms with Crippen molar-refractivity contribution in [1.29, 1.82) is 0 Å². The average molecular weight is 229 g/mol. The third kappa shape index (κ3) is 2.27. The van der Waals surface area contributed by atoms with Gasteiger partial charge >= 0.3 is 0 Å². The van der Waals surface area contributed by atoms with E-state index in [0.29, 0.717) is 11.8 Å². The largest absolute Gasteiger partial charge is 0.299 e. The molecule has 0 saturated carbocycles. The molecule has 0 fully saturated rings. The Morgan fingerprint density at radius 1 is 1.42 bits per heavy atom. The molecule has 1 rings (SSSR count). The van der Waals surface area contributed by atoms with Gasteiger partial charge in [-0.3, -0.25) is 4.79 Å². The Morgan fingerprint density at radius 2 is 2.17 bits per heavy atom. The normalized spacial score (nSPS) is 10.5. The topological polar surface area (TPSA) is 17.1 Å². The highest BCUT2D eigenvalue weighted by atomic mass is 79.9. The minimum Gasteiger partial charge on any atom is -0.299 e. The van der Waals surface area contributed by atoms with Gasteiger partial charge in [0.15, 0.2) is 0 Å². The monoisotopic (exact) mass is 228 g/mol. The van der Waals surface area contributed by atoms with Crippen LogP contribution >= 0.6 is 15.9 Å². The summed E-state index contributed by atoms with van der Waals surface area (Å²) in [7, 11) is 0. The first-order valence-electron chi connectivity index (χ1n) is 3.31. The lowest BCUT2D eigenvalue weighted by atomic mass is 10.2. The van der Waals surface area contributed by atoms with E-state index < -0.39 is 0 Å². The first kappa shape index (κ1) is 9.13. The SMILES string of the molecule is O=CC=Cc1cc(F)ccc1Br. The molecular weight excluding hydrogens is 223 g/mol. The van der Waals surface area contributed by atoms with Gasteiger partial charge in [-0.2, -0.15) is 0 Å². The molecule has 0 atom stereocenters. The second-order valence-electron chi connectivity index (χ2n) is 2.16. The maximum absolute atomic E-state index is 12.6. The Hall–Kier alpha value is -0.960. The van der Waals surface area contributed by atoms with Crippen LogP contribution < -0.4 is 0 Å². The minimum atomic E-state index is -0.316. The molecule has 1 aromatic carbocycles. The standard InChI is InChI=1S/C9H6BrFO/c10-9-4-3-8(11)6-7(9)2-1-5-12/h1-6H. The summed E-state index contributed by atoms with van der Waals surface area (Å²) in [6.07, 6.45) is 3.51. The number of benzene rings is 1. The molecule has 3 heteroatoms. The Balaban J connectivity index is 3.04. The summed E-state index contributed by atoms with van der Waals surface area (Å²) >= 11 is 3.23. The van der Waals surface area contributed by atoms with E-state index in [1.807, 2.05) is 0 Å². The van der Waals surface area contributed by atoms with E-state index in [-0.39, 0.29) is 5.82 Å². The van der Waals surface area contributed by atoms with Gasteiger partial charge in [-0.15, -0.1) is 0 Å². The maximum Gasteiger partial charge on any atom is 0.142 e. The van der Waals surface area contributed by atoms with Crippen molar-refractivity contribution in [2.24, 2.45) is 0 Å². The highest BCUT2D eigenvalue weighted by Gasteiger charge is 1.96. The van der Waals surface area contributed by atoms with Crippen LogP contribution in [0.15, 0.2) is 28.7 Å². The van der Waals surface area contributed by atoms with Crippen LogP contribution in [0.25, 0.3) is 6.08 Å². The zero-order valence-corrected chi connectivity index (χ0v) is 7.71. The maximum atomic E-state index is 12.6.